The maximum Gasteiger partial charge on any atom is 0.211 e. The lowest BCUT2D eigenvalue weighted by Gasteiger charge is -2.29. The van der Waals surface area contributed by atoms with Gasteiger partial charge >= 0.3 is 0 Å². The first-order valence-corrected chi connectivity index (χ1v) is 11.0. The minimum absolute atomic E-state index is 0.154. The molecule has 3 aromatic rings. The van der Waals surface area contributed by atoms with E-state index in [4.69, 9.17) is 4.98 Å². The molecule has 0 unspecified atom stereocenters. The zero-order valence-electron chi connectivity index (χ0n) is 15.8. The van der Waals surface area contributed by atoms with Crippen molar-refractivity contribution in [2.45, 2.75) is 38.8 Å². The lowest BCUT2D eigenvalue weighted by molar-refractivity contribution is 0.259. The molecule has 1 fully saturated rings. The van der Waals surface area contributed by atoms with Crippen LogP contribution in [-0.2, 0) is 10.0 Å². The molecular formula is C18H24N6O2S. The van der Waals surface area contributed by atoms with Gasteiger partial charge in [0.1, 0.15) is 5.69 Å². The minimum atomic E-state index is -3.12. The molecule has 1 saturated heterocycles. The zero-order chi connectivity index (χ0) is 19.2. The van der Waals surface area contributed by atoms with Crippen molar-refractivity contribution in [2.75, 3.05) is 19.3 Å². The Hall–Kier alpha value is -2.26. The summed E-state index contributed by atoms with van der Waals surface area (Å²) in [5.41, 5.74) is 2.76. The number of sulfonamides is 1. The summed E-state index contributed by atoms with van der Waals surface area (Å²) in [6.07, 6.45) is 4.66. The Balaban J connectivity index is 1.62. The van der Waals surface area contributed by atoms with E-state index in [9.17, 15) is 8.42 Å². The van der Waals surface area contributed by atoms with E-state index in [0.717, 1.165) is 35.4 Å². The molecule has 9 heteroatoms. The number of para-hydroxylation sites is 2. The van der Waals surface area contributed by atoms with Crippen LogP contribution in [0.1, 0.15) is 38.8 Å². The van der Waals surface area contributed by atoms with Gasteiger partial charge < -0.3 is 4.57 Å². The predicted octanol–water partition coefficient (Wildman–Crippen LogP) is 2.47. The highest BCUT2D eigenvalue weighted by Crippen LogP contribution is 2.29. The van der Waals surface area contributed by atoms with Crippen LogP contribution in [0.15, 0.2) is 30.5 Å². The van der Waals surface area contributed by atoms with Crippen LogP contribution in [0.4, 0.5) is 0 Å². The molecule has 0 radical (unpaired) electrons. The van der Waals surface area contributed by atoms with Crippen LogP contribution in [0.5, 0.6) is 0 Å². The molecule has 0 amide bonds. The molecule has 27 heavy (non-hydrogen) atoms. The van der Waals surface area contributed by atoms with Crippen LogP contribution >= 0.6 is 0 Å². The molecular weight excluding hydrogens is 364 g/mol. The number of imidazole rings is 1. The Kier molecular flexibility index (Phi) is 4.51. The molecule has 2 aromatic heterocycles. The zero-order valence-corrected chi connectivity index (χ0v) is 16.6. The maximum absolute atomic E-state index is 11.7. The summed E-state index contributed by atoms with van der Waals surface area (Å²) < 4.78 is 28.9. The molecule has 8 nitrogen and oxygen atoms in total. The topological polar surface area (TPSA) is 85.9 Å². The SMILES string of the molecule is CC(C)n1c(-c2cn(C3CCN(S(C)(=O)=O)CC3)nn2)nc2ccccc21. The van der Waals surface area contributed by atoms with Gasteiger partial charge in [0.25, 0.3) is 0 Å². The van der Waals surface area contributed by atoms with E-state index >= 15 is 0 Å². The van der Waals surface area contributed by atoms with Crippen LogP contribution in [0.2, 0.25) is 0 Å². The van der Waals surface area contributed by atoms with Gasteiger partial charge in [-0.1, -0.05) is 17.3 Å². The van der Waals surface area contributed by atoms with Crippen molar-refractivity contribution in [3.05, 3.63) is 30.5 Å². The van der Waals surface area contributed by atoms with Crippen LogP contribution < -0.4 is 0 Å². The first kappa shape index (κ1) is 18.1. The fourth-order valence-electron chi connectivity index (χ4n) is 3.74. The first-order valence-electron chi connectivity index (χ1n) is 9.19. The molecule has 0 bridgehead atoms. The summed E-state index contributed by atoms with van der Waals surface area (Å²) in [5.74, 6) is 0.811. The number of fused-ring (bicyclic) bond motifs is 1. The largest absolute Gasteiger partial charge is 0.320 e. The van der Waals surface area contributed by atoms with E-state index in [-0.39, 0.29) is 12.1 Å². The average molecular weight is 388 g/mol. The third kappa shape index (κ3) is 3.37. The Morgan fingerprint density at radius 2 is 1.85 bits per heavy atom. The van der Waals surface area contributed by atoms with Crippen molar-refractivity contribution in [1.82, 2.24) is 28.9 Å². The Morgan fingerprint density at radius 1 is 1.15 bits per heavy atom. The molecule has 0 saturated carbocycles. The monoisotopic (exact) mass is 388 g/mol. The van der Waals surface area contributed by atoms with Gasteiger partial charge in [0.05, 0.1) is 29.5 Å². The summed E-state index contributed by atoms with van der Waals surface area (Å²) in [6, 6.07) is 8.46. The van der Waals surface area contributed by atoms with E-state index in [1.165, 1.54) is 10.6 Å². The van der Waals surface area contributed by atoms with Gasteiger partial charge in [-0.3, -0.25) is 0 Å². The Morgan fingerprint density at radius 3 is 2.52 bits per heavy atom. The number of piperidine rings is 1. The minimum Gasteiger partial charge on any atom is -0.320 e. The van der Waals surface area contributed by atoms with E-state index in [2.05, 4.69) is 34.8 Å². The lowest BCUT2D eigenvalue weighted by Crippen LogP contribution is -2.38. The van der Waals surface area contributed by atoms with E-state index in [1.807, 2.05) is 29.1 Å². The van der Waals surface area contributed by atoms with Gasteiger partial charge in [0.15, 0.2) is 5.82 Å². The summed E-state index contributed by atoms with van der Waals surface area (Å²) in [7, 11) is -3.12. The van der Waals surface area contributed by atoms with Gasteiger partial charge in [-0.2, -0.15) is 0 Å². The van der Waals surface area contributed by atoms with Gasteiger partial charge in [-0.05, 0) is 38.8 Å². The van der Waals surface area contributed by atoms with Gasteiger partial charge in [-0.15, -0.1) is 5.10 Å². The summed E-state index contributed by atoms with van der Waals surface area (Å²) in [5, 5.41) is 8.68. The number of rotatable bonds is 4. The quantitative estimate of drug-likeness (QED) is 0.685. The number of hydrogen-bond donors (Lipinski definition) is 0. The number of aromatic nitrogens is 5. The Labute approximate surface area is 158 Å². The second kappa shape index (κ2) is 6.72. The van der Waals surface area contributed by atoms with Crippen molar-refractivity contribution in [2.24, 2.45) is 0 Å². The fraction of sp³-hybridized carbons (Fsp3) is 0.500. The molecule has 3 heterocycles. The highest BCUT2D eigenvalue weighted by molar-refractivity contribution is 7.88. The third-order valence-electron chi connectivity index (χ3n) is 5.12. The fourth-order valence-corrected chi connectivity index (χ4v) is 4.62. The Bertz CT molecular complexity index is 1060. The van der Waals surface area contributed by atoms with Gasteiger partial charge in [-0.25, -0.2) is 22.4 Å². The normalized spacial score (nSPS) is 17.2. The smallest absolute Gasteiger partial charge is 0.211 e. The molecule has 1 aromatic carbocycles. The number of benzene rings is 1. The standard InChI is InChI=1S/C18H24N6O2S/c1-13(2)24-17-7-5-4-6-15(17)19-18(24)16-12-23(21-20-16)14-8-10-22(11-9-14)27(3,25)26/h4-7,12-14H,8-11H2,1-3H3. The molecule has 0 N–H and O–H groups in total. The summed E-state index contributed by atoms with van der Waals surface area (Å²) in [6.45, 7) is 5.29. The van der Waals surface area contributed by atoms with Crippen LogP contribution in [0.3, 0.4) is 0 Å². The van der Waals surface area contributed by atoms with Gasteiger partial charge in [0.2, 0.25) is 10.0 Å². The second-order valence-electron chi connectivity index (χ2n) is 7.36. The second-order valence-corrected chi connectivity index (χ2v) is 9.35. The van der Waals surface area contributed by atoms with Crippen LogP contribution in [0, 0.1) is 0 Å². The third-order valence-corrected chi connectivity index (χ3v) is 6.42. The van der Waals surface area contributed by atoms with Crippen LogP contribution in [-0.4, -0.2) is 56.6 Å². The molecule has 0 aliphatic carbocycles. The molecule has 144 valence electrons. The highest BCUT2D eigenvalue weighted by atomic mass is 32.2. The molecule has 1 aliphatic rings. The number of nitrogens with zero attached hydrogens (tertiary/aromatic N) is 6. The van der Waals surface area contributed by atoms with Crippen LogP contribution in [0.25, 0.3) is 22.6 Å². The summed E-state index contributed by atoms with van der Waals surface area (Å²) >= 11 is 0. The van der Waals surface area contributed by atoms with E-state index in [1.54, 1.807) is 0 Å². The molecule has 4 rings (SSSR count). The van der Waals surface area contributed by atoms with E-state index < -0.39 is 10.0 Å². The molecule has 0 spiro atoms. The van der Waals surface area contributed by atoms with E-state index in [0.29, 0.717) is 13.1 Å². The molecule has 0 atom stereocenters. The van der Waals surface area contributed by atoms with Crippen molar-refractivity contribution in [1.29, 1.82) is 0 Å². The van der Waals surface area contributed by atoms with Crippen molar-refractivity contribution < 1.29 is 8.42 Å². The van der Waals surface area contributed by atoms with Crippen molar-refractivity contribution in [3.8, 4) is 11.5 Å². The predicted molar refractivity (Wildman–Crippen MR) is 104 cm³/mol. The maximum atomic E-state index is 11.7. The lowest BCUT2D eigenvalue weighted by atomic mass is 10.1. The first-order chi connectivity index (χ1) is 12.8. The average Bonchev–Trinajstić information content (AvgIpc) is 3.25. The molecule has 1 aliphatic heterocycles. The van der Waals surface area contributed by atoms with Crippen molar-refractivity contribution >= 4 is 21.1 Å². The summed E-state index contributed by atoms with van der Waals surface area (Å²) in [4.78, 5) is 4.77. The highest BCUT2D eigenvalue weighted by Gasteiger charge is 2.27. The number of hydrogen-bond acceptors (Lipinski definition) is 5. The van der Waals surface area contributed by atoms with Gasteiger partial charge in [0, 0.05) is 19.1 Å². The van der Waals surface area contributed by atoms with Crippen molar-refractivity contribution in [3.63, 3.8) is 0 Å².